The number of aryl methyl sites for hydroxylation is 2. The molecular formula is C34H42N4O4S. The zero-order chi connectivity index (χ0) is 30.8. The van der Waals surface area contributed by atoms with Gasteiger partial charge < -0.3 is 4.74 Å². The van der Waals surface area contributed by atoms with Crippen molar-refractivity contribution in [2.75, 3.05) is 7.11 Å². The second kappa shape index (κ2) is 12.5. The van der Waals surface area contributed by atoms with E-state index >= 15 is 0 Å². The van der Waals surface area contributed by atoms with Crippen molar-refractivity contribution in [2.45, 2.75) is 89.3 Å². The van der Waals surface area contributed by atoms with E-state index in [0.29, 0.717) is 31.0 Å². The number of methoxy groups -OCH3 is 1. The van der Waals surface area contributed by atoms with Gasteiger partial charge in [-0.3, -0.25) is 4.57 Å². The maximum Gasteiger partial charge on any atom is 0.346 e. The van der Waals surface area contributed by atoms with Crippen LogP contribution in [0, 0.1) is 0 Å². The third-order valence-electron chi connectivity index (χ3n) is 8.11. The molecular weight excluding hydrogens is 560 g/mol. The van der Waals surface area contributed by atoms with Gasteiger partial charge in [-0.15, -0.1) is 0 Å². The van der Waals surface area contributed by atoms with Crippen LogP contribution in [-0.4, -0.2) is 40.1 Å². The van der Waals surface area contributed by atoms with Gasteiger partial charge in [0.25, 0.3) is 0 Å². The molecule has 4 aromatic rings. The summed E-state index contributed by atoms with van der Waals surface area (Å²) in [6, 6.07) is 20.3. The van der Waals surface area contributed by atoms with Gasteiger partial charge in [0, 0.05) is 18.5 Å². The van der Waals surface area contributed by atoms with Crippen LogP contribution in [0.25, 0.3) is 11.3 Å². The predicted molar refractivity (Wildman–Crippen MR) is 170 cm³/mol. The van der Waals surface area contributed by atoms with Crippen molar-refractivity contribution in [1.29, 1.82) is 0 Å². The molecule has 1 aliphatic rings. The lowest BCUT2D eigenvalue weighted by atomic mass is 9.87. The number of hydrogen-bond acceptors (Lipinski definition) is 6. The summed E-state index contributed by atoms with van der Waals surface area (Å²) < 4.78 is 33.9. The number of benzene rings is 2. The lowest BCUT2D eigenvalue weighted by Crippen LogP contribution is -2.25. The van der Waals surface area contributed by atoms with E-state index in [0.717, 1.165) is 48.3 Å². The minimum Gasteiger partial charge on any atom is -0.495 e. The highest BCUT2D eigenvalue weighted by Gasteiger charge is 2.36. The van der Waals surface area contributed by atoms with Crippen molar-refractivity contribution in [3.8, 4) is 17.0 Å². The third-order valence-corrected chi connectivity index (χ3v) is 10.3. The van der Waals surface area contributed by atoms with Gasteiger partial charge in [0.05, 0.1) is 36.0 Å². The van der Waals surface area contributed by atoms with E-state index in [-0.39, 0.29) is 22.1 Å². The number of pyridine rings is 1. The van der Waals surface area contributed by atoms with Crippen molar-refractivity contribution in [2.24, 2.45) is 0 Å². The first-order valence-corrected chi connectivity index (χ1v) is 16.8. The van der Waals surface area contributed by atoms with Crippen LogP contribution in [0.3, 0.4) is 0 Å². The quantitative estimate of drug-likeness (QED) is 0.205. The first-order valence-electron chi connectivity index (χ1n) is 15.1. The van der Waals surface area contributed by atoms with E-state index in [4.69, 9.17) is 9.84 Å². The third kappa shape index (κ3) is 7.26. The molecule has 1 fully saturated rings. The minimum atomic E-state index is -3.21. The van der Waals surface area contributed by atoms with Crippen LogP contribution >= 0.6 is 0 Å². The fraction of sp³-hybridized carbons (Fsp3) is 0.441. The van der Waals surface area contributed by atoms with E-state index in [1.807, 2.05) is 25.1 Å². The first-order chi connectivity index (χ1) is 20.5. The highest BCUT2D eigenvalue weighted by Crippen LogP contribution is 2.33. The van der Waals surface area contributed by atoms with E-state index < -0.39 is 9.84 Å². The summed E-state index contributed by atoms with van der Waals surface area (Å²) in [4.78, 5) is 17.7. The molecule has 0 unspecified atom stereocenters. The second-order valence-electron chi connectivity index (χ2n) is 12.5. The van der Waals surface area contributed by atoms with Crippen LogP contribution in [0.15, 0.2) is 65.5 Å². The highest BCUT2D eigenvalue weighted by molar-refractivity contribution is 7.91. The van der Waals surface area contributed by atoms with E-state index in [9.17, 15) is 13.2 Å². The fourth-order valence-electron chi connectivity index (χ4n) is 5.34. The summed E-state index contributed by atoms with van der Waals surface area (Å²) in [6.45, 7) is 9.60. The highest BCUT2D eigenvalue weighted by atomic mass is 32.2. The molecule has 0 saturated heterocycles. The Morgan fingerprint density at radius 3 is 2.21 bits per heavy atom. The van der Waals surface area contributed by atoms with Gasteiger partial charge in [-0.1, -0.05) is 69.3 Å². The van der Waals surface area contributed by atoms with Crippen molar-refractivity contribution >= 4 is 9.84 Å². The van der Waals surface area contributed by atoms with Crippen LogP contribution in [0.5, 0.6) is 5.75 Å². The molecule has 0 spiro atoms. The summed E-state index contributed by atoms with van der Waals surface area (Å²) >= 11 is 0. The molecule has 1 aliphatic carbocycles. The molecule has 2 aromatic heterocycles. The Hall–Kier alpha value is -3.72. The Morgan fingerprint density at radius 1 is 0.930 bits per heavy atom. The topological polar surface area (TPSA) is 96.1 Å². The summed E-state index contributed by atoms with van der Waals surface area (Å²) in [5.41, 5.74) is 5.62. The van der Waals surface area contributed by atoms with Crippen molar-refractivity contribution in [1.82, 2.24) is 19.3 Å². The number of sulfone groups is 1. The number of nitrogens with zero attached hydrogens (tertiary/aromatic N) is 4. The van der Waals surface area contributed by atoms with Crippen molar-refractivity contribution in [3.05, 3.63) is 99.4 Å². The van der Waals surface area contributed by atoms with Crippen LogP contribution in [0.4, 0.5) is 0 Å². The molecule has 2 aromatic carbocycles. The Bertz CT molecular complexity index is 1730. The largest absolute Gasteiger partial charge is 0.495 e. The average Bonchev–Trinajstić information content (AvgIpc) is 3.80. The Labute approximate surface area is 254 Å². The molecule has 8 nitrogen and oxygen atoms in total. The zero-order valence-electron chi connectivity index (χ0n) is 25.8. The van der Waals surface area contributed by atoms with E-state index in [1.54, 1.807) is 15.3 Å². The van der Waals surface area contributed by atoms with Gasteiger partial charge in [-0.05, 0) is 66.8 Å². The molecule has 0 amide bonds. The molecule has 0 atom stereocenters. The molecule has 0 aliphatic heterocycles. The molecule has 228 valence electrons. The van der Waals surface area contributed by atoms with Gasteiger partial charge in [-0.2, -0.15) is 5.10 Å². The molecule has 9 heteroatoms. The standard InChI is InChI=1S/C34H42N4O4S/c1-6-37-32(36-38(33(37)39)22-25-12-16-27(17-13-25)34(2,3)4)9-7-8-24-10-14-26(15-11-24)29-20-21-31(42-5)30(35-29)23-43(40,41)28-18-19-28/h10-17,20-21,28H,6-9,18-19,22-23H2,1-5H3. The summed E-state index contributed by atoms with van der Waals surface area (Å²) in [5, 5.41) is 4.46. The Balaban J connectivity index is 1.22. The lowest BCUT2D eigenvalue weighted by molar-refractivity contribution is 0.408. The smallest absolute Gasteiger partial charge is 0.346 e. The van der Waals surface area contributed by atoms with Crippen LogP contribution in [-0.2, 0) is 46.9 Å². The van der Waals surface area contributed by atoms with Crippen molar-refractivity contribution in [3.63, 3.8) is 0 Å². The van der Waals surface area contributed by atoms with Gasteiger partial charge in [0.15, 0.2) is 9.84 Å². The van der Waals surface area contributed by atoms with E-state index in [1.165, 1.54) is 18.2 Å². The van der Waals surface area contributed by atoms with Crippen LogP contribution in [0.2, 0.25) is 0 Å². The number of aromatic nitrogens is 4. The monoisotopic (exact) mass is 602 g/mol. The zero-order valence-corrected chi connectivity index (χ0v) is 26.7. The Morgan fingerprint density at radius 2 is 1.60 bits per heavy atom. The molecule has 0 bridgehead atoms. The molecule has 2 heterocycles. The molecule has 0 N–H and O–H groups in total. The number of ether oxygens (including phenoxy) is 1. The fourth-order valence-corrected chi connectivity index (χ4v) is 7.02. The first kappa shape index (κ1) is 30.7. The van der Waals surface area contributed by atoms with Crippen LogP contribution in [0.1, 0.15) is 75.2 Å². The van der Waals surface area contributed by atoms with Gasteiger partial charge >= 0.3 is 5.69 Å². The van der Waals surface area contributed by atoms with Gasteiger partial charge in [0.2, 0.25) is 0 Å². The normalized spacial score (nSPS) is 13.8. The molecule has 43 heavy (non-hydrogen) atoms. The molecule has 1 saturated carbocycles. The molecule has 0 radical (unpaired) electrons. The van der Waals surface area contributed by atoms with E-state index in [2.05, 4.69) is 62.2 Å². The van der Waals surface area contributed by atoms with Gasteiger partial charge in [0.1, 0.15) is 11.6 Å². The summed E-state index contributed by atoms with van der Waals surface area (Å²) in [7, 11) is -1.67. The summed E-state index contributed by atoms with van der Waals surface area (Å²) in [5.74, 6) is 1.21. The molecule has 5 rings (SSSR count). The summed E-state index contributed by atoms with van der Waals surface area (Å²) in [6.07, 6.45) is 3.88. The lowest BCUT2D eigenvalue weighted by Gasteiger charge is -2.19. The second-order valence-corrected chi connectivity index (χ2v) is 14.7. The maximum absolute atomic E-state index is 13.1. The Kier molecular flexibility index (Phi) is 8.92. The number of rotatable bonds is 12. The number of hydrogen-bond donors (Lipinski definition) is 0. The minimum absolute atomic E-state index is 0.0713. The predicted octanol–water partition coefficient (Wildman–Crippen LogP) is 5.73. The SMILES string of the molecule is CCn1c(CCCc2ccc(-c3ccc(OC)c(CS(=O)(=O)C4CC4)n3)cc2)nn(Cc2ccc(C(C)(C)C)cc2)c1=O. The maximum atomic E-state index is 13.1. The average molecular weight is 603 g/mol. The van der Waals surface area contributed by atoms with Crippen molar-refractivity contribution < 1.29 is 13.2 Å². The van der Waals surface area contributed by atoms with Gasteiger partial charge in [-0.25, -0.2) is 22.9 Å². The van der Waals surface area contributed by atoms with Crippen LogP contribution < -0.4 is 10.4 Å².